The molecule has 1 atom stereocenters. The van der Waals surface area contributed by atoms with Crippen LogP contribution in [0.3, 0.4) is 0 Å². The van der Waals surface area contributed by atoms with Gasteiger partial charge in [0, 0.05) is 24.8 Å². The number of methoxy groups -OCH3 is 1. The first-order valence-corrected chi connectivity index (χ1v) is 5.99. The molecule has 0 heterocycles. The summed E-state index contributed by atoms with van der Waals surface area (Å²) in [6, 6.07) is 6.52. The molecule has 0 amide bonds. The Morgan fingerprint density at radius 1 is 1.44 bits per heavy atom. The Hall–Kier alpha value is -0.570. The normalized spacial score (nSPS) is 12.8. The summed E-state index contributed by atoms with van der Waals surface area (Å²) in [6.07, 6.45) is 2.07. The fourth-order valence-electron chi connectivity index (χ4n) is 1.80. The van der Waals surface area contributed by atoms with Crippen LogP contribution >= 0.6 is 11.6 Å². The minimum absolute atomic E-state index is 0.309. The minimum atomic E-state index is 0.309. The summed E-state index contributed by atoms with van der Waals surface area (Å²) in [5, 5.41) is 4.14. The highest BCUT2D eigenvalue weighted by molar-refractivity contribution is 6.31. The van der Waals surface area contributed by atoms with Crippen LogP contribution in [0.25, 0.3) is 0 Å². The smallest absolute Gasteiger partial charge is 0.0462 e. The van der Waals surface area contributed by atoms with Gasteiger partial charge in [-0.2, -0.15) is 0 Å². The molecule has 1 N–H and O–H groups in total. The fraction of sp³-hybridized carbons (Fsp3) is 0.538. The molecule has 0 saturated heterocycles. The molecule has 0 saturated carbocycles. The molecule has 2 nitrogen and oxygen atoms in total. The number of benzene rings is 1. The zero-order chi connectivity index (χ0) is 12.0. The molecule has 0 aliphatic rings. The average molecular weight is 242 g/mol. The first kappa shape index (κ1) is 13.5. The summed E-state index contributed by atoms with van der Waals surface area (Å²) in [5.41, 5.74) is 2.37. The highest BCUT2D eigenvalue weighted by Crippen LogP contribution is 2.26. The number of aryl methyl sites for hydroxylation is 1. The molecule has 16 heavy (non-hydrogen) atoms. The third-order valence-corrected chi connectivity index (χ3v) is 3.05. The van der Waals surface area contributed by atoms with E-state index in [9.17, 15) is 0 Å². The van der Waals surface area contributed by atoms with Gasteiger partial charge in [-0.25, -0.2) is 0 Å². The largest absolute Gasteiger partial charge is 0.385 e. The lowest BCUT2D eigenvalue weighted by molar-refractivity contribution is 0.189. The zero-order valence-electron chi connectivity index (χ0n) is 10.2. The third-order valence-electron chi connectivity index (χ3n) is 2.72. The summed E-state index contributed by atoms with van der Waals surface area (Å²) in [4.78, 5) is 0. The van der Waals surface area contributed by atoms with Crippen molar-refractivity contribution in [3.8, 4) is 0 Å². The van der Waals surface area contributed by atoms with E-state index in [1.807, 2.05) is 13.1 Å². The minimum Gasteiger partial charge on any atom is -0.385 e. The van der Waals surface area contributed by atoms with E-state index in [0.717, 1.165) is 24.5 Å². The van der Waals surface area contributed by atoms with Crippen LogP contribution in [0.15, 0.2) is 18.2 Å². The number of hydrogen-bond acceptors (Lipinski definition) is 2. The van der Waals surface area contributed by atoms with E-state index >= 15 is 0 Å². The summed E-state index contributed by atoms with van der Waals surface area (Å²) < 4.78 is 5.06. The lowest BCUT2D eigenvalue weighted by Crippen LogP contribution is -2.17. The molecule has 0 radical (unpaired) electrons. The first-order valence-electron chi connectivity index (χ1n) is 5.61. The Balaban J connectivity index is 2.70. The Bertz CT molecular complexity index is 328. The van der Waals surface area contributed by atoms with E-state index in [-0.39, 0.29) is 0 Å². The van der Waals surface area contributed by atoms with Crippen molar-refractivity contribution in [3.63, 3.8) is 0 Å². The molecule has 0 bridgehead atoms. The second-order valence-corrected chi connectivity index (χ2v) is 4.41. The van der Waals surface area contributed by atoms with Gasteiger partial charge in [0.25, 0.3) is 0 Å². The van der Waals surface area contributed by atoms with Crippen LogP contribution in [0.5, 0.6) is 0 Å². The van der Waals surface area contributed by atoms with Crippen molar-refractivity contribution in [1.82, 2.24) is 5.32 Å². The molecule has 3 heteroatoms. The van der Waals surface area contributed by atoms with Crippen molar-refractivity contribution in [1.29, 1.82) is 0 Å². The van der Waals surface area contributed by atoms with Gasteiger partial charge < -0.3 is 10.1 Å². The van der Waals surface area contributed by atoms with E-state index in [4.69, 9.17) is 16.3 Å². The maximum absolute atomic E-state index is 6.24. The van der Waals surface area contributed by atoms with Gasteiger partial charge in [0.15, 0.2) is 0 Å². The van der Waals surface area contributed by atoms with Gasteiger partial charge in [0.05, 0.1) is 0 Å². The van der Waals surface area contributed by atoms with E-state index < -0.39 is 0 Å². The van der Waals surface area contributed by atoms with Crippen LogP contribution < -0.4 is 5.32 Å². The lowest BCUT2D eigenvalue weighted by atomic mass is 10.0. The van der Waals surface area contributed by atoms with E-state index in [2.05, 4.69) is 24.4 Å². The van der Waals surface area contributed by atoms with Crippen LogP contribution in [0.4, 0.5) is 0 Å². The number of nitrogens with one attached hydrogen (secondary N) is 1. The predicted octanol–water partition coefficient (Wildman–Crippen LogP) is 3.34. The van der Waals surface area contributed by atoms with Crippen molar-refractivity contribution in [2.75, 3.05) is 20.8 Å². The summed E-state index contributed by atoms with van der Waals surface area (Å²) in [5.74, 6) is 0. The van der Waals surface area contributed by atoms with Gasteiger partial charge in [0.2, 0.25) is 0 Å². The highest BCUT2D eigenvalue weighted by atomic mass is 35.5. The Kier molecular flexibility index (Phi) is 5.81. The second kappa shape index (κ2) is 6.89. The van der Waals surface area contributed by atoms with Gasteiger partial charge in [-0.15, -0.1) is 0 Å². The SMILES string of the molecule is CNC(CCCOC)c1ccc(C)cc1Cl. The molecule has 1 aromatic carbocycles. The molecule has 1 unspecified atom stereocenters. The van der Waals surface area contributed by atoms with Crippen molar-refractivity contribution in [2.24, 2.45) is 0 Å². The number of hydrogen-bond donors (Lipinski definition) is 1. The summed E-state index contributed by atoms with van der Waals surface area (Å²) >= 11 is 6.24. The van der Waals surface area contributed by atoms with Crippen LogP contribution in [0.2, 0.25) is 5.02 Å². The van der Waals surface area contributed by atoms with Gasteiger partial charge >= 0.3 is 0 Å². The van der Waals surface area contributed by atoms with Crippen LogP contribution in [-0.2, 0) is 4.74 Å². The van der Waals surface area contributed by atoms with Crippen LogP contribution in [-0.4, -0.2) is 20.8 Å². The summed E-state index contributed by atoms with van der Waals surface area (Å²) in [7, 11) is 3.70. The molecule has 0 aliphatic heterocycles. The molecular formula is C13H20ClNO. The monoisotopic (exact) mass is 241 g/mol. The predicted molar refractivity (Wildman–Crippen MR) is 69.1 cm³/mol. The number of halogens is 1. The Morgan fingerprint density at radius 2 is 2.19 bits per heavy atom. The lowest BCUT2D eigenvalue weighted by Gasteiger charge is -2.18. The molecular weight excluding hydrogens is 222 g/mol. The van der Waals surface area contributed by atoms with Crippen molar-refractivity contribution >= 4 is 11.6 Å². The van der Waals surface area contributed by atoms with Gasteiger partial charge in [0.1, 0.15) is 0 Å². The Labute approximate surface area is 103 Å². The molecule has 1 rings (SSSR count). The zero-order valence-corrected chi connectivity index (χ0v) is 11.0. The van der Waals surface area contributed by atoms with E-state index in [1.165, 1.54) is 11.1 Å². The van der Waals surface area contributed by atoms with E-state index in [0.29, 0.717) is 6.04 Å². The van der Waals surface area contributed by atoms with Crippen LogP contribution in [0, 0.1) is 6.92 Å². The standard InChI is InChI=1S/C13H20ClNO/c1-10-6-7-11(12(14)9-10)13(15-2)5-4-8-16-3/h6-7,9,13,15H,4-5,8H2,1-3H3. The van der Waals surface area contributed by atoms with E-state index in [1.54, 1.807) is 7.11 Å². The molecule has 0 spiro atoms. The Morgan fingerprint density at radius 3 is 2.75 bits per heavy atom. The second-order valence-electron chi connectivity index (χ2n) is 4.00. The maximum atomic E-state index is 6.24. The number of rotatable bonds is 6. The van der Waals surface area contributed by atoms with Crippen LogP contribution in [0.1, 0.15) is 30.0 Å². The molecule has 0 aliphatic carbocycles. The van der Waals surface area contributed by atoms with Crippen molar-refractivity contribution in [2.45, 2.75) is 25.8 Å². The molecule has 1 aromatic rings. The van der Waals surface area contributed by atoms with Gasteiger partial charge in [-0.1, -0.05) is 23.7 Å². The maximum Gasteiger partial charge on any atom is 0.0462 e. The fourth-order valence-corrected chi connectivity index (χ4v) is 2.17. The third kappa shape index (κ3) is 3.78. The topological polar surface area (TPSA) is 21.3 Å². The molecule has 0 fully saturated rings. The first-order chi connectivity index (χ1) is 7.69. The average Bonchev–Trinajstić information content (AvgIpc) is 2.26. The van der Waals surface area contributed by atoms with Crippen molar-refractivity contribution in [3.05, 3.63) is 34.3 Å². The molecule has 0 aromatic heterocycles. The summed E-state index contributed by atoms with van der Waals surface area (Å²) in [6.45, 7) is 2.84. The number of ether oxygens (including phenoxy) is 1. The highest BCUT2D eigenvalue weighted by Gasteiger charge is 2.12. The van der Waals surface area contributed by atoms with Crippen molar-refractivity contribution < 1.29 is 4.74 Å². The van der Waals surface area contributed by atoms with Gasteiger partial charge in [-0.05, 0) is 44.0 Å². The quantitative estimate of drug-likeness (QED) is 0.772. The van der Waals surface area contributed by atoms with Gasteiger partial charge in [-0.3, -0.25) is 0 Å². The molecule has 90 valence electrons.